The molecule has 0 saturated carbocycles. The predicted molar refractivity (Wildman–Crippen MR) is 161 cm³/mol. The third-order valence-electron chi connectivity index (χ3n) is 7.19. The van der Waals surface area contributed by atoms with Crippen molar-refractivity contribution in [3.8, 4) is 34.4 Å². The van der Waals surface area contributed by atoms with Crippen LogP contribution in [0.4, 0.5) is 0 Å². The van der Waals surface area contributed by atoms with Crippen LogP contribution in [0.15, 0.2) is 122 Å². The van der Waals surface area contributed by atoms with E-state index in [4.69, 9.17) is 14.5 Å². The van der Waals surface area contributed by atoms with Gasteiger partial charge in [-0.3, -0.25) is 4.40 Å². The number of nitrogens with zero attached hydrogens (tertiary/aromatic N) is 3. The predicted octanol–water partition coefficient (Wildman–Crippen LogP) is 9.41. The van der Waals surface area contributed by atoms with Gasteiger partial charge in [-0.25, -0.2) is 9.97 Å². The second-order valence-corrected chi connectivity index (χ2v) is 10.1. The quantitative estimate of drug-likeness (QED) is 0.205. The minimum Gasteiger partial charge on any atom is -0.457 e. The molecule has 0 aliphatic rings. The van der Waals surface area contributed by atoms with E-state index in [2.05, 4.69) is 83.9 Å². The second kappa shape index (κ2) is 9.86. The van der Waals surface area contributed by atoms with Gasteiger partial charge in [-0.1, -0.05) is 68.4 Å². The fourth-order valence-electron chi connectivity index (χ4n) is 5.38. The molecule has 194 valence electrons. The van der Waals surface area contributed by atoms with Crippen molar-refractivity contribution in [2.45, 2.75) is 19.8 Å². The van der Waals surface area contributed by atoms with Crippen molar-refractivity contribution in [1.29, 1.82) is 0 Å². The fourth-order valence-corrected chi connectivity index (χ4v) is 5.38. The first-order valence-electron chi connectivity index (χ1n) is 13.4. The lowest BCUT2D eigenvalue weighted by Crippen LogP contribution is -1.97. The van der Waals surface area contributed by atoms with Crippen LogP contribution in [0, 0.1) is 0 Å². The SMILES string of the molecule is CC(C)c1ccccc1-c1cnc2c3cc(Oc4cccc(Oc5ccccn5)c4)ccc3c3ccccc3n12. The van der Waals surface area contributed by atoms with E-state index in [1.54, 1.807) is 6.20 Å². The Labute approximate surface area is 232 Å². The summed E-state index contributed by atoms with van der Waals surface area (Å²) in [7, 11) is 0. The van der Waals surface area contributed by atoms with E-state index >= 15 is 0 Å². The van der Waals surface area contributed by atoms with Gasteiger partial charge < -0.3 is 9.47 Å². The van der Waals surface area contributed by atoms with Gasteiger partial charge in [0.1, 0.15) is 22.9 Å². The summed E-state index contributed by atoms with van der Waals surface area (Å²) in [4.78, 5) is 9.21. The summed E-state index contributed by atoms with van der Waals surface area (Å²) < 4.78 is 14.5. The molecule has 5 heteroatoms. The van der Waals surface area contributed by atoms with Crippen LogP contribution in [0.2, 0.25) is 0 Å². The number of fused-ring (bicyclic) bond motifs is 6. The summed E-state index contributed by atoms with van der Waals surface area (Å²) in [6.07, 6.45) is 3.70. The van der Waals surface area contributed by atoms with Crippen molar-refractivity contribution in [3.05, 3.63) is 127 Å². The maximum atomic E-state index is 6.33. The Bertz CT molecular complexity index is 1990. The maximum absolute atomic E-state index is 6.33. The number of hydrogen-bond acceptors (Lipinski definition) is 4. The molecule has 0 N–H and O–H groups in total. The van der Waals surface area contributed by atoms with Crippen LogP contribution >= 0.6 is 0 Å². The third-order valence-corrected chi connectivity index (χ3v) is 7.19. The first-order chi connectivity index (χ1) is 19.7. The zero-order valence-corrected chi connectivity index (χ0v) is 22.3. The van der Waals surface area contributed by atoms with Crippen molar-refractivity contribution in [2.24, 2.45) is 0 Å². The van der Waals surface area contributed by atoms with Crippen LogP contribution in [-0.4, -0.2) is 14.4 Å². The molecule has 0 aliphatic carbocycles. The van der Waals surface area contributed by atoms with Crippen molar-refractivity contribution >= 4 is 27.3 Å². The molecule has 3 heterocycles. The minimum absolute atomic E-state index is 0.394. The van der Waals surface area contributed by atoms with Crippen LogP contribution in [0.5, 0.6) is 23.1 Å². The number of pyridine rings is 2. The Kier molecular flexibility index (Phi) is 5.90. The Morgan fingerprint density at radius 1 is 0.625 bits per heavy atom. The molecule has 0 spiro atoms. The van der Waals surface area contributed by atoms with Crippen molar-refractivity contribution in [2.75, 3.05) is 0 Å². The molecule has 0 saturated heterocycles. The van der Waals surface area contributed by atoms with Crippen LogP contribution < -0.4 is 9.47 Å². The first kappa shape index (κ1) is 23.9. The molecule has 0 aliphatic heterocycles. The summed E-state index contributed by atoms with van der Waals surface area (Å²) in [5.74, 6) is 3.00. The lowest BCUT2D eigenvalue weighted by atomic mass is 9.95. The lowest BCUT2D eigenvalue weighted by Gasteiger charge is -2.15. The highest BCUT2D eigenvalue weighted by Gasteiger charge is 2.17. The number of hydrogen-bond donors (Lipinski definition) is 0. The van der Waals surface area contributed by atoms with Crippen LogP contribution in [-0.2, 0) is 0 Å². The summed E-state index contributed by atoms with van der Waals surface area (Å²) in [5, 5.41) is 3.34. The van der Waals surface area contributed by atoms with Crippen LogP contribution in [0.1, 0.15) is 25.3 Å². The smallest absolute Gasteiger partial charge is 0.219 e. The van der Waals surface area contributed by atoms with Gasteiger partial charge in [0.25, 0.3) is 0 Å². The average Bonchev–Trinajstić information content (AvgIpc) is 3.44. The van der Waals surface area contributed by atoms with E-state index in [9.17, 15) is 0 Å². The molecule has 5 nitrogen and oxygen atoms in total. The molecule has 3 aromatic heterocycles. The molecular weight excluding hydrogens is 494 g/mol. The average molecular weight is 522 g/mol. The molecule has 7 aromatic rings. The second-order valence-electron chi connectivity index (χ2n) is 10.1. The number of imidazole rings is 1. The molecule has 0 bridgehead atoms. The monoisotopic (exact) mass is 521 g/mol. The summed E-state index contributed by atoms with van der Waals surface area (Å²) in [6, 6.07) is 36.5. The van der Waals surface area contributed by atoms with E-state index in [0.717, 1.165) is 33.4 Å². The summed E-state index contributed by atoms with van der Waals surface area (Å²) in [5.41, 5.74) is 5.62. The van der Waals surface area contributed by atoms with E-state index in [1.165, 1.54) is 16.5 Å². The van der Waals surface area contributed by atoms with Gasteiger partial charge in [0, 0.05) is 34.7 Å². The molecule has 0 unspecified atom stereocenters. The highest BCUT2D eigenvalue weighted by atomic mass is 16.5. The Balaban J connectivity index is 1.35. The largest absolute Gasteiger partial charge is 0.457 e. The van der Waals surface area contributed by atoms with Gasteiger partial charge in [0.05, 0.1) is 17.4 Å². The highest BCUT2D eigenvalue weighted by molar-refractivity contribution is 6.12. The van der Waals surface area contributed by atoms with Crippen molar-refractivity contribution in [3.63, 3.8) is 0 Å². The van der Waals surface area contributed by atoms with Crippen molar-refractivity contribution < 1.29 is 9.47 Å². The molecule has 0 fully saturated rings. The Morgan fingerprint density at radius 3 is 2.25 bits per heavy atom. The van der Waals surface area contributed by atoms with Gasteiger partial charge in [-0.2, -0.15) is 0 Å². The topological polar surface area (TPSA) is 48.7 Å². The highest BCUT2D eigenvalue weighted by Crippen LogP contribution is 2.38. The maximum Gasteiger partial charge on any atom is 0.219 e. The molecule has 4 aromatic carbocycles. The van der Waals surface area contributed by atoms with E-state index in [0.29, 0.717) is 23.3 Å². The Morgan fingerprint density at radius 2 is 1.40 bits per heavy atom. The van der Waals surface area contributed by atoms with Gasteiger partial charge >= 0.3 is 0 Å². The molecule has 7 rings (SSSR count). The molecular formula is C35H27N3O2. The minimum atomic E-state index is 0.394. The zero-order valence-electron chi connectivity index (χ0n) is 22.3. The first-order valence-corrected chi connectivity index (χ1v) is 13.4. The molecule has 0 radical (unpaired) electrons. The van der Waals surface area contributed by atoms with Crippen LogP contribution in [0.25, 0.3) is 38.6 Å². The van der Waals surface area contributed by atoms with Gasteiger partial charge in [0.2, 0.25) is 5.88 Å². The van der Waals surface area contributed by atoms with E-state index < -0.39 is 0 Å². The third kappa shape index (κ3) is 4.22. The number of rotatable bonds is 6. The van der Waals surface area contributed by atoms with Crippen LogP contribution in [0.3, 0.4) is 0 Å². The number of ether oxygens (including phenoxy) is 2. The lowest BCUT2D eigenvalue weighted by molar-refractivity contribution is 0.449. The van der Waals surface area contributed by atoms with Gasteiger partial charge in [0.15, 0.2) is 0 Å². The fraction of sp³-hybridized carbons (Fsp3) is 0.0857. The standard InChI is InChI=1S/C35H27N3O2/c1-23(2)27-12-3-4-13-29(27)33-22-37-35-31-21-26(17-18-28(31)30-14-5-6-15-32(30)38(33)35)39-24-10-9-11-25(20-24)40-34-16-7-8-19-36-34/h3-23H,1-2H3. The van der Waals surface area contributed by atoms with Gasteiger partial charge in [-0.05, 0) is 59.3 Å². The molecule has 0 atom stereocenters. The number of para-hydroxylation sites is 1. The number of benzene rings is 4. The van der Waals surface area contributed by atoms with Gasteiger partial charge in [-0.15, -0.1) is 0 Å². The van der Waals surface area contributed by atoms with E-state index in [1.807, 2.05) is 54.7 Å². The van der Waals surface area contributed by atoms with Crippen molar-refractivity contribution in [1.82, 2.24) is 14.4 Å². The van der Waals surface area contributed by atoms with E-state index in [-0.39, 0.29) is 0 Å². The molecule has 40 heavy (non-hydrogen) atoms. The summed E-state index contributed by atoms with van der Waals surface area (Å²) >= 11 is 0. The number of aromatic nitrogens is 3. The summed E-state index contributed by atoms with van der Waals surface area (Å²) in [6.45, 7) is 4.46. The molecule has 0 amide bonds. The zero-order chi connectivity index (χ0) is 27.1. The Hall–Kier alpha value is -5.16. The normalized spacial score (nSPS) is 11.5.